The number of aromatic nitrogens is 1. The zero-order valence-electron chi connectivity index (χ0n) is 18.6. The van der Waals surface area contributed by atoms with Crippen molar-refractivity contribution < 1.29 is 22.3 Å². The van der Waals surface area contributed by atoms with Gasteiger partial charge < -0.3 is 9.64 Å². The van der Waals surface area contributed by atoms with E-state index >= 15 is 0 Å². The number of Topliss-reactive ketones (excluding diaryl/α,β-unsaturated/α-hetero) is 1. The lowest BCUT2D eigenvalue weighted by atomic mass is 10.1. The van der Waals surface area contributed by atoms with Gasteiger partial charge in [0.1, 0.15) is 12.4 Å². The van der Waals surface area contributed by atoms with Gasteiger partial charge in [-0.3, -0.25) is 9.79 Å². The zero-order chi connectivity index (χ0) is 24.9. The molecule has 13 heteroatoms. The van der Waals surface area contributed by atoms with Crippen molar-refractivity contribution in [3.63, 3.8) is 0 Å². The monoisotopic (exact) mass is 529 g/mol. The first-order chi connectivity index (χ1) is 16.1. The number of rotatable bonds is 9. The second-order valence-electron chi connectivity index (χ2n) is 7.61. The van der Waals surface area contributed by atoms with Crippen LogP contribution in [0.2, 0.25) is 5.02 Å². The number of carbonyl (C=O) groups excluding carboxylic acids is 1. The average Bonchev–Trinajstić information content (AvgIpc) is 3.43. The molecule has 0 spiro atoms. The maximum atomic E-state index is 13.8. The number of likely N-dealkylation sites (tertiary alicyclic amines) is 1. The van der Waals surface area contributed by atoms with Crippen molar-refractivity contribution in [1.29, 1.82) is 0 Å². The van der Waals surface area contributed by atoms with Crippen LogP contribution in [-0.2, 0) is 26.2 Å². The summed E-state index contributed by atoms with van der Waals surface area (Å²) in [7, 11) is -2.54. The second-order valence-corrected chi connectivity index (χ2v) is 10.2. The highest BCUT2D eigenvalue weighted by atomic mass is 35.5. The molecule has 1 fully saturated rings. The van der Waals surface area contributed by atoms with Gasteiger partial charge in [-0.1, -0.05) is 23.7 Å². The number of ketones is 1. The molecule has 3 N–H and O–H groups in total. The minimum absolute atomic E-state index is 0.0497. The Bertz CT molecular complexity index is 1200. The van der Waals surface area contributed by atoms with Gasteiger partial charge in [0.15, 0.2) is 16.6 Å². The van der Waals surface area contributed by atoms with Crippen molar-refractivity contribution in [3.05, 3.63) is 62.5 Å². The summed E-state index contributed by atoms with van der Waals surface area (Å²) in [5, 5.41) is 7.61. The van der Waals surface area contributed by atoms with E-state index in [2.05, 4.69) is 9.71 Å². The van der Waals surface area contributed by atoms with Crippen LogP contribution in [0.3, 0.4) is 0 Å². The fraction of sp³-hybridized carbons (Fsp3) is 0.381. The largest absolute Gasteiger partial charge is 0.377 e. The molecular weight excluding hydrogens is 505 g/mol. The Balaban J connectivity index is 1.97. The summed E-state index contributed by atoms with van der Waals surface area (Å²) in [6, 6.07) is 4.02. The molecule has 0 radical (unpaired) electrons. The van der Waals surface area contributed by atoms with Gasteiger partial charge in [0, 0.05) is 55.5 Å². The second kappa shape index (κ2) is 11.5. The molecule has 1 saturated heterocycles. The van der Waals surface area contributed by atoms with Crippen LogP contribution >= 0.6 is 22.9 Å². The number of hydrogen-bond donors (Lipinski definition) is 2. The number of benzene rings is 1. The fourth-order valence-corrected chi connectivity index (χ4v) is 5.14. The van der Waals surface area contributed by atoms with Gasteiger partial charge in [-0.2, -0.15) is 13.1 Å². The lowest BCUT2D eigenvalue weighted by molar-refractivity contribution is -0.119. The smallest absolute Gasteiger partial charge is 0.274 e. The van der Waals surface area contributed by atoms with Crippen molar-refractivity contribution in [3.8, 4) is 0 Å². The SMILES string of the molecule is COCC(=O)/C(C)=C1\C[C@H](NS(N)(=O)=O)CN1/C(=N\CCc1cccc(F)c1Cl)c1nccs1. The maximum Gasteiger partial charge on any atom is 0.274 e. The maximum absolute atomic E-state index is 13.8. The van der Waals surface area contributed by atoms with Crippen LogP contribution in [0.5, 0.6) is 0 Å². The van der Waals surface area contributed by atoms with Gasteiger partial charge in [-0.05, 0) is 25.0 Å². The summed E-state index contributed by atoms with van der Waals surface area (Å²) < 4.78 is 44.5. The molecule has 9 nitrogen and oxygen atoms in total. The van der Waals surface area contributed by atoms with Crippen LogP contribution in [0.4, 0.5) is 4.39 Å². The van der Waals surface area contributed by atoms with E-state index < -0.39 is 22.1 Å². The standard InChI is InChI=1S/C21H25ClFN5O4S2/c1-13(18(29)12-32-2)17-10-15(27-34(24,30)31)11-28(17)20(21-26-8-9-33-21)25-7-6-14-4-3-5-16(23)19(14)22/h3-5,8-9,15,27H,6-7,10-12H2,1-2H3,(H2,24,30,31)/b17-13+,25-20-/t15-/m0/s1. The number of nitrogens with one attached hydrogen (secondary N) is 1. The molecule has 0 aliphatic carbocycles. The number of hydrogen-bond acceptors (Lipinski definition) is 7. The Hall–Kier alpha value is -2.22. The summed E-state index contributed by atoms with van der Waals surface area (Å²) in [5.74, 6) is -0.262. The molecule has 1 atom stereocenters. The van der Waals surface area contributed by atoms with Crippen molar-refractivity contribution in [2.24, 2.45) is 10.1 Å². The number of ether oxygens (including phenoxy) is 1. The molecule has 1 aromatic heterocycles. The minimum atomic E-state index is -3.96. The molecule has 0 unspecified atom stereocenters. The summed E-state index contributed by atoms with van der Waals surface area (Å²) in [4.78, 5) is 23.4. The van der Waals surface area contributed by atoms with Crippen LogP contribution in [0, 0.1) is 5.82 Å². The normalized spacial score (nSPS) is 18.4. The quantitative estimate of drug-likeness (QED) is 0.291. The van der Waals surface area contributed by atoms with E-state index in [1.807, 2.05) is 0 Å². The number of nitrogens with zero attached hydrogens (tertiary/aromatic N) is 3. The van der Waals surface area contributed by atoms with Gasteiger partial charge in [-0.15, -0.1) is 11.3 Å². The van der Waals surface area contributed by atoms with Crippen LogP contribution in [-0.4, -0.2) is 62.8 Å². The van der Waals surface area contributed by atoms with Gasteiger partial charge >= 0.3 is 0 Å². The average molecular weight is 530 g/mol. The van der Waals surface area contributed by atoms with E-state index in [0.717, 1.165) is 0 Å². The van der Waals surface area contributed by atoms with Crippen molar-refractivity contribution in [1.82, 2.24) is 14.6 Å². The summed E-state index contributed by atoms with van der Waals surface area (Å²) >= 11 is 7.42. The summed E-state index contributed by atoms with van der Waals surface area (Å²) in [6.45, 7) is 2.01. The molecular formula is C21H25ClFN5O4S2. The number of nitrogens with two attached hydrogens (primary N) is 1. The molecule has 2 heterocycles. The topological polar surface area (TPSA) is 127 Å². The molecule has 34 heavy (non-hydrogen) atoms. The highest BCUT2D eigenvalue weighted by Gasteiger charge is 2.35. The molecule has 1 aliphatic rings. The first-order valence-electron chi connectivity index (χ1n) is 10.3. The third-order valence-corrected chi connectivity index (χ3v) is 7.03. The Morgan fingerprint density at radius 1 is 1.47 bits per heavy atom. The van der Waals surface area contributed by atoms with E-state index in [4.69, 9.17) is 26.5 Å². The number of methoxy groups -OCH3 is 1. The molecule has 1 aliphatic heterocycles. The first kappa shape index (κ1) is 26.4. The molecule has 0 amide bonds. The minimum Gasteiger partial charge on any atom is -0.377 e. The van der Waals surface area contributed by atoms with Crippen LogP contribution < -0.4 is 9.86 Å². The number of amidine groups is 1. The van der Waals surface area contributed by atoms with Crippen LogP contribution in [0.1, 0.15) is 23.9 Å². The van der Waals surface area contributed by atoms with E-state index in [1.165, 1.54) is 24.5 Å². The predicted molar refractivity (Wildman–Crippen MR) is 130 cm³/mol. The van der Waals surface area contributed by atoms with Gasteiger partial charge in [0.05, 0.1) is 5.02 Å². The van der Waals surface area contributed by atoms with Crippen molar-refractivity contribution in [2.45, 2.75) is 25.8 Å². The molecule has 2 aromatic rings. The lowest BCUT2D eigenvalue weighted by Crippen LogP contribution is -2.41. The Kier molecular flexibility index (Phi) is 8.90. The summed E-state index contributed by atoms with van der Waals surface area (Å²) in [6.07, 6.45) is 2.23. The highest BCUT2D eigenvalue weighted by molar-refractivity contribution is 7.87. The first-order valence-corrected chi connectivity index (χ1v) is 13.1. The third kappa shape index (κ3) is 6.68. The number of thiazole rings is 1. The van der Waals surface area contributed by atoms with E-state index in [1.54, 1.807) is 35.5 Å². The molecule has 3 rings (SSSR count). The Labute approximate surface area is 206 Å². The predicted octanol–water partition coefficient (Wildman–Crippen LogP) is 2.28. The van der Waals surface area contributed by atoms with Gasteiger partial charge in [0.25, 0.3) is 10.2 Å². The number of halogens is 2. The van der Waals surface area contributed by atoms with Crippen molar-refractivity contribution in [2.75, 3.05) is 26.8 Å². The molecule has 0 bridgehead atoms. The fourth-order valence-electron chi connectivity index (χ4n) is 3.65. The van der Waals surface area contributed by atoms with E-state index in [9.17, 15) is 17.6 Å². The Morgan fingerprint density at radius 2 is 2.24 bits per heavy atom. The lowest BCUT2D eigenvalue weighted by Gasteiger charge is -2.23. The van der Waals surface area contributed by atoms with E-state index in [0.29, 0.717) is 34.1 Å². The van der Waals surface area contributed by atoms with Gasteiger partial charge in [0.2, 0.25) is 0 Å². The van der Waals surface area contributed by atoms with Crippen LogP contribution in [0.25, 0.3) is 0 Å². The van der Waals surface area contributed by atoms with Gasteiger partial charge in [-0.25, -0.2) is 14.5 Å². The van der Waals surface area contributed by atoms with E-state index in [-0.39, 0.29) is 36.9 Å². The highest BCUT2D eigenvalue weighted by Crippen LogP contribution is 2.29. The molecule has 1 aromatic carbocycles. The summed E-state index contributed by atoms with van der Waals surface area (Å²) in [5.41, 5.74) is 1.64. The number of carbonyl (C=O) groups is 1. The number of aliphatic imine (C=N–C) groups is 1. The van der Waals surface area contributed by atoms with Crippen LogP contribution in [0.15, 0.2) is 46.0 Å². The zero-order valence-corrected chi connectivity index (χ0v) is 21.0. The molecule has 184 valence electrons. The van der Waals surface area contributed by atoms with Crippen molar-refractivity contribution >= 4 is 44.8 Å². The Morgan fingerprint density at radius 3 is 2.88 bits per heavy atom. The molecule has 0 saturated carbocycles. The third-order valence-electron chi connectivity index (χ3n) is 5.18.